The lowest BCUT2D eigenvalue weighted by molar-refractivity contribution is -0.275. The monoisotopic (exact) mass is 684 g/mol. The molecule has 4 heterocycles. The van der Waals surface area contributed by atoms with E-state index in [9.17, 15) is 18.0 Å². The van der Waals surface area contributed by atoms with Gasteiger partial charge in [0.15, 0.2) is 17.5 Å². The molecule has 2 aromatic heterocycles. The Morgan fingerprint density at radius 3 is 2.57 bits per heavy atom. The van der Waals surface area contributed by atoms with Crippen molar-refractivity contribution < 1.29 is 27.0 Å². The number of ether oxygens (including phenoxy) is 2. The summed E-state index contributed by atoms with van der Waals surface area (Å²) in [6.45, 7) is 7.28. The number of nitrogens with one attached hydrogen (secondary N) is 3. The molecule has 0 spiro atoms. The molecule has 0 radical (unpaired) electrons. The van der Waals surface area contributed by atoms with Crippen LogP contribution < -0.4 is 21.5 Å². The SMILES string of the molecule is C[C@H](N)CCCc1cc(OC(F)(F)F)c(F)c(-c2cc3cn(-c4ccc(CN5CC[C@H](CN6CCOCC6)NC5=N)cc4)c(=O)nc3[nH]2)c1. The summed E-state index contributed by atoms with van der Waals surface area (Å²) in [6.07, 6.45) is -1.02. The zero-order valence-corrected chi connectivity index (χ0v) is 27.2. The Hall–Kier alpha value is -4.47. The van der Waals surface area contributed by atoms with Gasteiger partial charge < -0.3 is 30.4 Å². The van der Waals surface area contributed by atoms with Crippen molar-refractivity contribution in [1.82, 2.24) is 29.7 Å². The van der Waals surface area contributed by atoms with Crippen molar-refractivity contribution in [3.8, 4) is 22.7 Å². The number of nitrogens with two attached hydrogens (primary N) is 1. The quantitative estimate of drug-likeness (QED) is 0.169. The molecule has 2 aliphatic heterocycles. The lowest BCUT2D eigenvalue weighted by atomic mass is 10.0. The van der Waals surface area contributed by atoms with Gasteiger partial charge in [-0.05, 0) is 74.1 Å². The van der Waals surface area contributed by atoms with Gasteiger partial charge in [0.2, 0.25) is 0 Å². The van der Waals surface area contributed by atoms with E-state index in [1.165, 1.54) is 16.7 Å². The number of fused-ring (bicyclic) bond motifs is 1. The summed E-state index contributed by atoms with van der Waals surface area (Å²) in [7, 11) is 0. The maximum atomic E-state index is 15.4. The third-order valence-corrected chi connectivity index (χ3v) is 8.82. The van der Waals surface area contributed by atoms with Crippen molar-refractivity contribution in [1.29, 1.82) is 5.41 Å². The molecule has 11 nitrogen and oxygen atoms in total. The molecule has 15 heteroatoms. The third kappa shape index (κ3) is 8.58. The largest absolute Gasteiger partial charge is 0.573 e. The number of hydrogen-bond acceptors (Lipinski definition) is 7. The first kappa shape index (κ1) is 34.4. The highest BCUT2D eigenvalue weighted by Gasteiger charge is 2.33. The van der Waals surface area contributed by atoms with Crippen LogP contribution in [0, 0.1) is 11.2 Å². The molecule has 262 valence electrons. The molecule has 0 saturated carbocycles. The first-order chi connectivity index (χ1) is 23.4. The number of benzene rings is 2. The topological polar surface area (TPSA) is 138 Å². The fourth-order valence-corrected chi connectivity index (χ4v) is 6.30. The van der Waals surface area contributed by atoms with Crippen LogP contribution in [0.2, 0.25) is 0 Å². The number of halogens is 4. The highest BCUT2D eigenvalue weighted by molar-refractivity contribution is 5.83. The number of rotatable bonds is 11. The Morgan fingerprint density at radius 2 is 1.88 bits per heavy atom. The van der Waals surface area contributed by atoms with Crippen molar-refractivity contribution in [2.24, 2.45) is 5.73 Å². The number of guanidine groups is 1. The molecule has 0 aliphatic carbocycles. The minimum atomic E-state index is -5.08. The van der Waals surface area contributed by atoms with E-state index in [4.69, 9.17) is 15.9 Å². The molecule has 2 fully saturated rings. The van der Waals surface area contributed by atoms with Crippen molar-refractivity contribution in [2.45, 2.75) is 57.6 Å². The molecule has 5 N–H and O–H groups in total. The number of alkyl halides is 3. The van der Waals surface area contributed by atoms with E-state index in [2.05, 4.69) is 24.9 Å². The van der Waals surface area contributed by atoms with Gasteiger partial charge in [0.05, 0.1) is 24.6 Å². The van der Waals surface area contributed by atoms with Crippen molar-refractivity contribution in [3.05, 3.63) is 76.1 Å². The van der Waals surface area contributed by atoms with Gasteiger partial charge in [-0.2, -0.15) is 4.98 Å². The number of nitrogens with zero attached hydrogens (tertiary/aromatic N) is 4. The Labute approximate surface area is 280 Å². The maximum Gasteiger partial charge on any atom is 0.573 e. The van der Waals surface area contributed by atoms with E-state index in [0.717, 1.165) is 57.4 Å². The summed E-state index contributed by atoms with van der Waals surface area (Å²) in [5.41, 5.74) is 7.36. The van der Waals surface area contributed by atoms with Crippen LogP contribution >= 0.6 is 0 Å². The normalized spacial score (nSPS) is 18.1. The molecule has 0 amide bonds. The second-order valence-electron chi connectivity index (χ2n) is 12.7. The summed E-state index contributed by atoms with van der Waals surface area (Å²) < 4.78 is 65.6. The van der Waals surface area contributed by atoms with E-state index < -0.39 is 23.6 Å². The van der Waals surface area contributed by atoms with Crippen molar-refractivity contribution in [2.75, 3.05) is 39.4 Å². The molecular weight excluding hydrogens is 644 g/mol. The Kier molecular flexibility index (Phi) is 10.2. The van der Waals surface area contributed by atoms with E-state index in [-0.39, 0.29) is 29.0 Å². The van der Waals surface area contributed by atoms with Crippen molar-refractivity contribution >= 4 is 17.0 Å². The summed E-state index contributed by atoms with van der Waals surface area (Å²) in [5.74, 6) is -1.74. The number of H-pyrrole nitrogens is 1. The summed E-state index contributed by atoms with van der Waals surface area (Å²) in [4.78, 5) is 24.4. The zero-order chi connectivity index (χ0) is 34.7. The Balaban J connectivity index is 1.18. The Bertz CT molecular complexity index is 1830. The highest BCUT2D eigenvalue weighted by Crippen LogP contribution is 2.35. The van der Waals surface area contributed by atoms with Gasteiger partial charge in [-0.25, -0.2) is 9.18 Å². The second-order valence-corrected chi connectivity index (χ2v) is 12.7. The highest BCUT2D eigenvalue weighted by atomic mass is 19.4. The van der Waals surface area contributed by atoms with Gasteiger partial charge in [0.1, 0.15) is 5.65 Å². The van der Waals surface area contributed by atoms with Crippen LogP contribution in [0.3, 0.4) is 0 Å². The van der Waals surface area contributed by atoms with Crippen LogP contribution in [-0.2, 0) is 17.7 Å². The number of morpholine rings is 1. The van der Waals surface area contributed by atoms with Crippen molar-refractivity contribution in [3.63, 3.8) is 0 Å². The molecule has 2 saturated heterocycles. The van der Waals surface area contributed by atoms with Gasteiger partial charge in [-0.15, -0.1) is 13.2 Å². The molecular formula is C34H40F4N8O3. The number of hydrogen-bond donors (Lipinski definition) is 4. The van der Waals surface area contributed by atoms with Crippen LogP contribution in [0.15, 0.2) is 53.5 Å². The smallest absolute Gasteiger partial charge is 0.403 e. The summed E-state index contributed by atoms with van der Waals surface area (Å²) in [6, 6.07) is 11.5. The molecule has 6 rings (SSSR count). The maximum absolute atomic E-state index is 15.4. The molecule has 4 aromatic rings. The van der Waals surface area contributed by atoms with Gasteiger partial charge in [0, 0.05) is 62.0 Å². The van der Waals surface area contributed by atoms with E-state index in [1.807, 2.05) is 24.0 Å². The molecule has 2 aromatic carbocycles. The van der Waals surface area contributed by atoms with Gasteiger partial charge in [0.25, 0.3) is 0 Å². The lowest BCUT2D eigenvalue weighted by Gasteiger charge is -2.38. The predicted molar refractivity (Wildman–Crippen MR) is 177 cm³/mol. The zero-order valence-electron chi connectivity index (χ0n) is 27.2. The number of aryl methyl sites for hydroxylation is 1. The third-order valence-electron chi connectivity index (χ3n) is 8.82. The summed E-state index contributed by atoms with van der Waals surface area (Å²) in [5, 5.41) is 12.3. The minimum Gasteiger partial charge on any atom is -0.403 e. The fourth-order valence-electron chi connectivity index (χ4n) is 6.30. The van der Waals surface area contributed by atoms with Crippen LogP contribution in [0.5, 0.6) is 5.75 Å². The first-order valence-electron chi connectivity index (χ1n) is 16.4. The molecule has 2 aliphatic rings. The average Bonchev–Trinajstić information content (AvgIpc) is 3.46. The molecule has 49 heavy (non-hydrogen) atoms. The van der Waals surface area contributed by atoms with E-state index in [0.29, 0.717) is 48.4 Å². The minimum absolute atomic E-state index is 0.0876. The van der Waals surface area contributed by atoms with E-state index in [1.54, 1.807) is 18.3 Å². The lowest BCUT2D eigenvalue weighted by Crippen LogP contribution is -2.56. The average molecular weight is 685 g/mol. The molecule has 0 unspecified atom stereocenters. The number of aromatic nitrogens is 3. The standard InChI is InChI=1S/C34H40F4N8O3/c1-21(39)3-2-4-23-15-27(30(35)29(16-23)49-34(36,37)38)28-17-24-19-46(33(47)43-31(24)42-28)26-7-5-22(6-8-26)18-45-10-9-25(41-32(45)40)20-44-11-13-48-14-12-44/h5-8,15-17,19,21,25H,2-4,9-14,18,20,39H2,1H3,(H2,40,41)(H,42,43,47)/t21-,25+/m0/s1. The number of aromatic amines is 1. The summed E-state index contributed by atoms with van der Waals surface area (Å²) >= 11 is 0. The molecule has 0 bridgehead atoms. The van der Waals surface area contributed by atoms with Crippen LogP contribution in [0.1, 0.15) is 37.3 Å². The molecule has 2 atom stereocenters. The second kappa shape index (κ2) is 14.6. The van der Waals surface area contributed by atoms with Crippen LogP contribution in [0.25, 0.3) is 28.0 Å². The predicted octanol–water partition coefficient (Wildman–Crippen LogP) is 4.52. The fraction of sp³-hybridized carbons (Fsp3) is 0.441. The van der Waals surface area contributed by atoms with Gasteiger partial charge in [-0.3, -0.25) is 14.9 Å². The van der Waals surface area contributed by atoms with Crippen LogP contribution in [-0.4, -0.2) is 88.1 Å². The Morgan fingerprint density at radius 1 is 1.12 bits per heavy atom. The first-order valence-corrected chi connectivity index (χ1v) is 16.4. The van der Waals surface area contributed by atoms with Gasteiger partial charge >= 0.3 is 12.1 Å². The van der Waals surface area contributed by atoms with Crippen LogP contribution in [0.4, 0.5) is 17.6 Å². The van der Waals surface area contributed by atoms with E-state index >= 15 is 4.39 Å². The van der Waals surface area contributed by atoms with Gasteiger partial charge in [-0.1, -0.05) is 12.1 Å².